The molecule has 10 aliphatic rings. The van der Waals surface area contributed by atoms with E-state index in [4.69, 9.17) is 90.0 Å². The van der Waals surface area contributed by atoms with Crippen LogP contribution in [0.1, 0.15) is 20.8 Å². The van der Waals surface area contributed by atoms with Crippen LogP contribution in [0.25, 0.3) is 0 Å². The average Bonchev–Trinajstić information content (AvgIpc) is 0.762. The predicted molar refractivity (Wildman–Crippen MR) is 364 cm³/mol. The molecule has 10 rings (SSSR count). The summed E-state index contributed by atoms with van der Waals surface area (Å²) in [6.07, 6.45) is -100. The van der Waals surface area contributed by atoms with Crippen molar-refractivity contribution in [2.75, 3.05) is 66.1 Å². The van der Waals surface area contributed by atoms with Crippen LogP contribution in [0.5, 0.6) is 0 Å². The fourth-order valence-electron chi connectivity index (χ4n) is 15.5. The Morgan fingerprint density at radius 1 is 0.217 bits per heavy atom. The smallest absolute Gasteiger partial charge is 0.217 e. The monoisotopic (exact) mass is 1760 g/mol. The molecule has 0 bridgehead atoms. The van der Waals surface area contributed by atoms with E-state index in [1.165, 1.54) is 0 Å². The van der Waals surface area contributed by atoms with Gasteiger partial charge in [-0.3, -0.25) is 14.4 Å². The van der Waals surface area contributed by atoms with Gasteiger partial charge in [-0.1, -0.05) is 0 Å². The summed E-state index contributed by atoms with van der Waals surface area (Å²) in [6.45, 7) is -8.61. The van der Waals surface area contributed by atoms with Crippen LogP contribution >= 0.6 is 0 Å². The van der Waals surface area contributed by atoms with Gasteiger partial charge in [0.15, 0.2) is 62.9 Å². The molecule has 0 saturated carbocycles. The Kier molecular flexibility index (Phi) is 35.4. The second kappa shape index (κ2) is 43.1. The maximum Gasteiger partial charge on any atom is 0.217 e. The molecule has 120 heavy (non-hydrogen) atoms. The lowest BCUT2D eigenvalue weighted by Crippen LogP contribution is -2.71. The Morgan fingerprint density at radius 3 is 0.800 bits per heavy atom. The Labute approximate surface area is 678 Å². The van der Waals surface area contributed by atoms with Crippen molar-refractivity contribution in [1.29, 1.82) is 0 Å². The van der Waals surface area contributed by atoms with Crippen molar-refractivity contribution in [3.8, 4) is 0 Å². The quantitative estimate of drug-likeness (QED) is 0.0306. The lowest BCUT2D eigenvalue weighted by atomic mass is 9.93. The molecule has 54 nitrogen and oxygen atoms in total. The number of ether oxygens (including phenoxy) is 19. The molecular weight excluding hydrogens is 1650 g/mol. The molecule has 10 fully saturated rings. The lowest BCUT2D eigenvalue weighted by Gasteiger charge is -2.52. The van der Waals surface area contributed by atoms with E-state index in [-0.39, 0.29) is 0 Å². The molecule has 50 atom stereocenters. The van der Waals surface area contributed by atoms with Gasteiger partial charge in [-0.2, -0.15) is 0 Å². The topological polar surface area (TPSA) is 849 Å². The van der Waals surface area contributed by atoms with E-state index in [0.29, 0.717) is 0 Å². The number of hydrogen-bond acceptors (Lipinski definition) is 51. The normalized spacial score (nSPS) is 50.4. The van der Waals surface area contributed by atoms with Crippen molar-refractivity contribution in [2.45, 2.75) is 328 Å². The van der Waals surface area contributed by atoms with Crippen LogP contribution in [0.4, 0.5) is 0 Å². The molecule has 54 heteroatoms. The predicted octanol–water partition coefficient (Wildman–Crippen LogP) is -22.4. The van der Waals surface area contributed by atoms with Crippen LogP contribution in [-0.2, 0) is 104 Å². The van der Waals surface area contributed by atoms with Crippen LogP contribution in [-0.4, -0.2) is 539 Å². The minimum absolute atomic E-state index is 0.887. The molecule has 0 unspecified atom stereocenters. The van der Waals surface area contributed by atoms with E-state index in [1.54, 1.807) is 0 Å². The molecule has 3 amide bonds. The van der Waals surface area contributed by atoms with E-state index in [1.807, 2.05) is 0 Å². The van der Waals surface area contributed by atoms with Crippen molar-refractivity contribution < 1.29 is 252 Å². The molecule has 0 aromatic heterocycles. The van der Waals surface area contributed by atoms with Crippen molar-refractivity contribution in [3.05, 3.63) is 0 Å². The largest absolute Gasteiger partial charge is 0.394 e. The standard InChI is InChI=1S/C66H111N3O51/c1-14(79)67-27-35(87)49(114-61-44(96)38(90)30(82)17(4-70)104-61)22(9-75)108-58(27)113-53-25(12-78)111-66(56(47(53)99)120-60-29(69-16(3)81)37(89)51(24(11-77)110-60)116-63-46(98)40(92)32(84)19(6-72)106-63)118-54-34(86)26(112-64(48(54)100)117-52-21(8-74)103-57(101)43(95)42(52)94)13-102-65-55(41(93)33(85)20(7-73)107-65)119-59-28(68-15(2)80)36(88)50(23(10-76)109-59)115-62-45(97)39(91)31(83)18(5-71)105-62/h17-66,70-78,82-101H,4-13H2,1-3H3,(H,67,79)(H,68,80)(H,69,81)/t17-,18-,19-,20-,21-,22-,23-,24-,25-,26-,27-,28-,29+,30+,31+,32+,33-,34-,35-,36-,37-,38+,39+,40+,41+,42-,43-,44-,45-,46-,47+,48+,49-,50-,51-,52-,53-,54+,55+,56+,57-,58+,59+,60+,61+,62+,63+,64+,65+,66-/m1/s1. The van der Waals surface area contributed by atoms with Gasteiger partial charge >= 0.3 is 0 Å². The zero-order valence-electron chi connectivity index (χ0n) is 63.9. The van der Waals surface area contributed by atoms with Crippen LogP contribution in [0.15, 0.2) is 0 Å². The summed E-state index contributed by atoms with van der Waals surface area (Å²) < 4.78 is 113. The summed E-state index contributed by atoms with van der Waals surface area (Å²) in [5, 5.41) is 328. The number of aliphatic hydroxyl groups is 29. The molecule has 0 aromatic rings. The minimum Gasteiger partial charge on any atom is -0.394 e. The summed E-state index contributed by atoms with van der Waals surface area (Å²) in [5.74, 6) is -2.96. The first-order valence-corrected chi connectivity index (χ1v) is 38.2. The highest BCUT2D eigenvalue weighted by Crippen LogP contribution is 2.41. The molecule has 0 radical (unpaired) electrons. The summed E-state index contributed by atoms with van der Waals surface area (Å²) in [5.41, 5.74) is 0. The van der Waals surface area contributed by atoms with Gasteiger partial charge in [0.2, 0.25) is 17.7 Å². The summed E-state index contributed by atoms with van der Waals surface area (Å²) in [4.78, 5) is 39.2. The zero-order valence-corrected chi connectivity index (χ0v) is 63.9. The number of hydrogen-bond donors (Lipinski definition) is 32. The first kappa shape index (κ1) is 98.7. The average molecular weight is 1760 g/mol. The fraction of sp³-hybridized carbons (Fsp3) is 0.955. The summed E-state index contributed by atoms with van der Waals surface area (Å²) >= 11 is 0. The number of carbonyl (C=O) groups is 3. The van der Waals surface area contributed by atoms with Gasteiger partial charge in [0.25, 0.3) is 0 Å². The molecule has 32 N–H and O–H groups in total. The highest BCUT2D eigenvalue weighted by molar-refractivity contribution is 5.74. The maximum absolute atomic E-state index is 13.2. The van der Waals surface area contributed by atoms with E-state index in [2.05, 4.69) is 16.0 Å². The third-order valence-corrected chi connectivity index (χ3v) is 22.1. The Morgan fingerprint density at radius 2 is 0.458 bits per heavy atom. The summed E-state index contributed by atoms with van der Waals surface area (Å²) in [7, 11) is 0. The molecule has 0 aliphatic carbocycles. The van der Waals surface area contributed by atoms with Gasteiger partial charge in [-0.15, -0.1) is 0 Å². The Bertz CT molecular complexity index is 3170. The summed E-state index contributed by atoms with van der Waals surface area (Å²) in [6, 6.07) is -6.00. The van der Waals surface area contributed by atoms with Gasteiger partial charge in [-0.05, 0) is 0 Å². The van der Waals surface area contributed by atoms with Crippen LogP contribution in [0.3, 0.4) is 0 Å². The number of carbonyl (C=O) groups excluding carboxylic acids is 3. The van der Waals surface area contributed by atoms with Gasteiger partial charge in [0.1, 0.15) is 244 Å². The molecular formula is C66H111N3O51. The molecule has 696 valence electrons. The molecule has 0 spiro atoms. The second-order valence-corrected chi connectivity index (χ2v) is 30.2. The fourth-order valence-corrected chi connectivity index (χ4v) is 15.5. The van der Waals surface area contributed by atoms with E-state index in [0.717, 1.165) is 20.8 Å². The SMILES string of the molecule is CC(=O)N[C@@H]1[C@H](O[C@@H]2[C@@H](O[C@@H]3[C@H](O)[C@H](O[C@H]4[C@H](O)[C@@H](O)[C@H](O)O[C@@H]4CO)O[C@H](CO[C@H]4O[C@H](CO)[C@@H](O)[C@H](O)[C@@H]4O[C@@H]4O[C@H](CO)[C@@H](O[C@@H]5O[C@H](CO)[C@H](O)[C@H](O)[C@H]5O)[C@H](O)[C@H]4NC(C)=O)[C@H]3O)O[C@H](CO)[C@@H](O[C@@H]3O[C@H](CO)[C@@H](O[C@@H]4O[C@H](CO)[C@H](O)[C@H](O)[C@H]4O)[C@H](O)[C@H]3NC(C)=O)[C@@H]2O)O[C@H](CO)[C@@H](O[C@@H]2O[C@H](CO)[C@H](O)[C@H](O)[C@H]2O)[C@@H]1O. The van der Waals surface area contributed by atoms with E-state index < -0.39 is 391 Å². The van der Waals surface area contributed by atoms with Crippen molar-refractivity contribution in [3.63, 3.8) is 0 Å². The minimum atomic E-state index is -2.62. The third-order valence-electron chi connectivity index (χ3n) is 22.1. The number of aliphatic hydroxyl groups excluding tert-OH is 29. The molecule has 10 heterocycles. The molecule has 0 aromatic carbocycles. The molecule has 10 saturated heterocycles. The van der Waals surface area contributed by atoms with Crippen molar-refractivity contribution >= 4 is 17.7 Å². The van der Waals surface area contributed by atoms with E-state index in [9.17, 15) is 162 Å². The first-order valence-electron chi connectivity index (χ1n) is 38.2. The van der Waals surface area contributed by atoms with Crippen molar-refractivity contribution in [2.24, 2.45) is 0 Å². The van der Waals surface area contributed by atoms with E-state index >= 15 is 0 Å². The Balaban J connectivity index is 1.00. The lowest BCUT2D eigenvalue weighted by molar-refractivity contribution is -0.407. The highest BCUT2D eigenvalue weighted by atomic mass is 16.8. The van der Waals surface area contributed by atoms with Gasteiger partial charge in [0, 0.05) is 20.8 Å². The number of amides is 3. The van der Waals surface area contributed by atoms with Gasteiger partial charge in [-0.25, -0.2) is 0 Å². The highest BCUT2D eigenvalue weighted by Gasteiger charge is 2.62. The zero-order chi connectivity index (χ0) is 88.2. The van der Waals surface area contributed by atoms with Gasteiger partial charge in [0.05, 0.1) is 66.1 Å². The van der Waals surface area contributed by atoms with Crippen LogP contribution in [0.2, 0.25) is 0 Å². The Hall–Kier alpha value is -3.51. The first-order chi connectivity index (χ1) is 56.8. The van der Waals surface area contributed by atoms with Gasteiger partial charge < -0.3 is 254 Å². The number of nitrogens with one attached hydrogen (secondary N) is 3. The van der Waals surface area contributed by atoms with Crippen LogP contribution in [0, 0.1) is 0 Å². The van der Waals surface area contributed by atoms with Crippen LogP contribution < -0.4 is 16.0 Å². The molecule has 10 aliphatic heterocycles. The number of rotatable bonds is 31. The maximum atomic E-state index is 13.2. The second-order valence-electron chi connectivity index (χ2n) is 30.2. The third kappa shape index (κ3) is 21.2. The van der Waals surface area contributed by atoms with Crippen molar-refractivity contribution in [1.82, 2.24) is 16.0 Å².